The lowest BCUT2D eigenvalue weighted by molar-refractivity contribution is -0.143. The molecular weight excluding hydrogens is 290 g/mol. The average Bonchev–Trinajstić information content (AvgIpc) is 2.35. The van der Waals surface area contributed by atoms with Gasteiger partial charge >= 0.3 is 0 Å². The lowest BCUT2D eigenvalue weighted by Gasteiger charge is -2.35. The molecule has 2 heterocycles. The van der Waals surface area contributed by atoms with Crippen LogP contribution in [-0.4, -0.2) is 46.1 Å². The Labute approximate surface area is 128 Å². The van der Waals surface area contributed by atoms with Crippen LogP contribution in [0.25, 0.3) is 0 Å². The molecule has 1 fully saturated rings. The van der Waals surface area contributed by atoms with E-state index in [4.69, 9.17) is 17.0 Å². The zero-order valence-electron chi connectivity index (χ0n) is 12.6. The molecule has 0 radical (unpaired) electrons. The molecule has 0 saturated carbocycles. The van der Waals surface area contributed by atoms with Crippen molar-refractivity contribution in [1.29, 1.82) is 0 Å². The number of rotatable bonds is 3. The third kappa shape index (κ3) is 4.01. The monoisotopic (exact) mass is 311 g/mol. The average molecular weight is 311 g/mol. The summed E-state index contributed by atoms with van der Waals surface area (Å²) >= 11 is 4.91. The van der Waals surface area contributed by atoms with E-state index in [1.54, 1.807) is 6.92 Å². The maximum Gasteiger partial charge on any atom is 0.255 e. The molecule has 0 bridgehead atoms. The van der Waals surface area contributed by atoms with Crippen LogP contribution < -0.4 is 5.56 Å². The number of aryl methyl sites for hydroxylation is 1. The Bertz CT molecular complexity index is 627. The van der Waals surface area contributed by atoms with E-state index in [9.17, 15) is 9.59 Å². The van der Waals surface area contributed by atoms with E-state index in [0.717, 1.165) is 5.69 Å². The molecule has 6 nitrogen and oxygen atoms in total. The summed E-state index contributed by atoms with van der Waals surface area (Å²) in [5.74, 6) is 0.0539. The molecule has 116 valence electrons. The number of nitrogens with zero attached hydrogens (tertiary/aromatic N) is 1. The van der Waals surface area contributed by atoms with Crippen LogP contribution in [0.2, 0.25) is 0 Å². The topological polar surface area (TPSA) is 78.2 Å². The van der Waals surface area contributed by atoms with E-state index in [-0.39, 0.29) is 23.7 Å². The van der Waals surface area contributed by atoms with Crippen LogP contribution in [-0.2, 0) is 16.0 Å². The van der Waals surface area contributed by atoms with E-state index < -0.39 is 0 Å². The van der Waals surface area contributed by atoms with Crippen molar-refractivity contribution in [1.82, 2.24) is 14.9 Å². The number of aromatic nitrogens is 2. The van der Waals surface area contributed by atoms with Gasteiger partial charge in [-0.25, -0.2) is 0 Å². The first-order valence-corrected chi connectivity index (χ1v) is 7.53. The SMILES string of the molecule is Cc1[nH]c(=S)[nH]c(=O)c1CCC(=O)N1C[C@H](C)O[C@@H](C)C1. The number of ether oxygens (including phenoxy) is 1. The molecule has 2 atom stereocenters. The summed E-state index contributed by atoms with van der Waals surface area (Å²) in [4.78, 5) is 31.4. The van der Waals surface area contributed by atoms with Crippen molar-refractivity contribution >= 4 is 18.1 Å². The minimum Gasteiger partial charge on any atom is -0.372 e. The number of hydrogen-bond donors (Lipinski definition) is 2. The van der Waals surface area contributed by atoms with Crippen molar-refractivity contribution in [3.8, 4) is 0 Å². The maximum absolute atomic E-state index is 12.3. The first-order valence-electron chi connectivity index (χ1n) is 7.12. The highest BCUT2D eigenvalue weighted by Crippen LogP contribution is 2.13. The molecule has 1 aliphatic heterocycles. The largest absolute Gasteiger partial charge is 0.372 e. The molecule has 21 heavy (non-hydrogen) atoms. The van der Waals surface area contributed by atoms with Crippen molar-refractivity contribution in [2.75, 3.05) is 13.1 Å². The molecule has 0 aliphatic carbocycles. The van der Waals surface area contributed by atoms with Crippen molar-refractivity contribution in [2.45, 2.75) is 45.8 Å². The molecule has 1 aromatic rings. The maximum atomic E-state index is 12.3. The van der Waals surface area contributed by atoms with Gasteiger partial charge in [-0.3, -0.25) is 14.6 Å². The van der Waals surface area contributed by atoms with Crippen LogP contribution in [0.4, 0.5) is 0 Å². The second-order valence-electron chi connectivity index (χ2n) is 5.57. The predicted octanol–water partition coefficient (Wildman–Crippen LogP) is 1.31. The summed E-state index contributed by atoms with van der Waals surface area (Å²) in [6.07, 6.45) is 0.826. The first kappa shape index (κ1) is 15.9. The summed E-state index contributed by atoms with van der Waals surface area (Å²) < 4.78 is 5.92. The highest BCUT2D eigenvalue weighted by molar-refractivity contribution is 7.71. The Morgan fingerprint density at radius 3 is 2.52 bits per heavy atom. The zero-order chi connectivity index (χ0) is 15.6. The molecule has 1 saturated heterocycles. The number of hydrogen-bond acceptors (Lipinski definition) is 4. The predicted molar refractivity (Wildman–Crippen MR) is 81.9 cm³/mol. The molecule has 1 aromatic heterocycles. The van der Waals surface area contributed by atoms with E-state index >= 15 is 0 Å². The third-order valence-electron chi connectivity index (χ3n) is 3.62. The Morgan fingerprint density at radius 1 is 1.33 bits per heavy atom. The first-order chi connectivity index (χ1) is 9.86. The van der Waals surface area contributed by atoms with Crippen molar-refractivity contribution in [3.63, 3.8) is 0 Å². The van der Waals surface area contributed by atoms with Crippen LogP contribution >= 0.6 is 12.2 Å². The molecule has 7 heteroatoms. The summed E-state index contributed by atoms with van der Waals surface area (Å²) in [5.41, 5.74) is 1.10. The highest BCUT2D eigenvalue weighted by atomic mass is 32.1. The van der Waals surface area contributed by atoms with E-state index in [2.05, 4.69) is 9.97 Å². The van der Waals surface area contributed by atoms with Gasteiger partial charge in [0.25, 0.3) is 5.56 Å². The van der Waals surface area contributed by atoms with Gasteiger partial charge in [0.05, 0.1) is 12.2 Å². The van der Waals surface area contributed by atoms with Crippen LogP contribution in [0.15, 0.2) is 4.79 Å². The van der Waals surface area contributed by atoms with E-state index in [0.29, 0.717) is 36.3 Å². The third-order valence-corrected chi connectivity index (χ3v) is 3.82. The van der Waals surface area contributed by atoms with Gasteiger partial charge in [0.1, 0.15) is 0 Å². The van der Waals surface area contributed by atoms with Gasteiger partial charge in [-0.15, -0.1) is 0 Å². The van der Waals surface area contributed by atoms with Crippen molar-refractivity contribution < 1.29 is 9.53 Å². The fourth-order valence-corrected chi connectivity index (χ4v) is 2.94. The fourth-order valence-electron chi connectivity index (χ4n) is 2.70. The summed E-state index contributed by atoms with van der Waals surface area (Å²) in [6.45, 7) is 6.93. The fraction of sp³-hybridized carbons (Fsp3) is 0.643. The molecule has 0 unspecified atom stereocenters. The Hall–Kier alpha value is -1.47. The van der Waals surface area contributed by atoms with Gasteiger partial charge < -0.3 is 14.6 Å². The second-order valence-corrected chi connectivity index (χ2v) is 5.98. The molecule has 2 N–H and O–H groups in total. The summed E-state index contributed by atoms with van der Waals surface area (Å²) in [6, 6.07) is 0. The van der Waals surface area contributed by atoms with Crippen molar-refractivity contribution in [2.24, 2.45) is 0 Å². The number of H-pyrrole nitrogens is 2. The number of amides is 1. The molecule has 2 rings (SSSR count). The van der Waals surface area contributed by atoms with Crippen LogP contribution in [0, 0.1) is 11.7 Å². The normalized spacial score (nSPS) is 22.3. The van der Waals surface area contributed by atoms with Gasteiger partial charge in [0, 0.05) is 30.8 Å². The minimum absolute atomic E-state index is 0.0515. The minimum atomic E-state index is -0.215. The lowest BCUT2D eigenvalue weighted by Crippen LogP contribution is -2.48. The molecule has 1 aliphatic rings. The number of nitrogens with one attached hydrogen (secondary N) is 2. The molecule has 0 aromatic carbocycles. The highest BCUT2D eigenvalue weighted by Gasteiger charge is 2.25. The Morgan fingerprint density at radius 2 is 1.95 bits per heavy atom. The van der Waals surface area contributed by atoms with E-state index in [1.807, 2.05) is 18.7 Å². The van der Waals surface area contributed by atoms with Gasteiger partial charge in [0.15, 0.2) is 4.77 Å². The van der Waals surface area contributed by atoms with Crippen LogP contribution in [0.5, 0.6) is 0 Å². The second kappa shape index (κ2) is 6.53. The van der Waals surface area contributed by atoms with Gasteiger partial charge in [0.2, 0.25) is 5.91 Å². The quantitative estimate of drug-likeness (QED) is 0.825. The Kier molecular flexibility index (Phi) is 4.95. The number of morpholine rings is 1. The van der Waals surface area contributed by atoms with Crippen LogP contribution in [0.1, 0.15) is 31.5 Å². The van der Waals surface area contributed by atoms with E-state index in [1.165, 1.54) is 0 Å². The zero-order valence-corrected chi connectivity index (χ0v) is 13.4. The summed E-state index contributed by atoms with van der Waals surface area (Å²) in [5, 5.41) is 0. The van der Waals surface area contributed by atoms with Gasteiger partial charge in [-0.1, -0.05) is 0 Å². The standard InChI is InChI=1S/C14H21N3O3S/c1-8-6-17(7-9(2)20-8)12(18)5-4-11-10(3)15-14(21)16-13(11)19/h8-9H,4-7H2,1-3H3,(H2,15,16,19,21)/t8-,9-/m0/s1. The summed E-state index contributed by atoms with van der Waals surface area (Å²) in [7, 11) is 0. The lowest BCUT2D eigenvalue weighted by atomic mass is 10.1. The number of carbonyl (C=O) groups is 1. The smallest absolute Gasteiger partial charge is 0.255 e. The van der Waals surface area contributed by atoms with Crippen LogP contribution in [0.3, 0.4) is 0 Å². The Balaban J connectivity index is 2.01. The molecule has 0 spiro atoms. The molecular formula is C14H21N3O3S. The van der Waals surface area contributed by atoms with Gasteiger partial charge in [-0.2, -0.15) is 0 Å². The number of carbonyl (C=O) groups excluding carboxylic acids is 1. The molecule has 1 amide bonds. The van der Waals surface area contributed by atoms with Crippen molar-refractivity contribution in [3.05, 3.63) is 26.4 Å². The number of aromatic amines is 2. The van der Waals surface area contributed by atoms with Gasteiger partial charge in [-0.05, 0) is 39.4 Å².